The van der Waals surface area contributed by atoms with Gasteiger partial charge in [0.15, 0.2) is 0 Å². The summed E-state index contributed by atoms with van der Waals surface area (Å²) in [4.78, 5) is 4.39. The maximum atomic E-state index is 10.9. The van der Waals surface area contributed by atoms with Gasteiger partial charge in [0.05, 0.1) is 19.6 Å². The van der Waals surface area contributed by atoms with Gasteiger partial charge in [-0.25, -0.2) is 5.06 Å². The van der Waals surface area contributed by atoms with E-state index in [1.807, 2.05) is 91.0 Å². The first-order valence-corrected chi connectivity index (χ1v) is 10.9. The topological polar surface area (TPSA) is 116 Å². The highest BCUT2D eigenvalue weighted by molar-refractivity contribution is 5.81. The summed E-state index contributed by atoms with van der Waals surface area (Å²) in [6.07, 6.45) is 0. The van der Waals surface area contributed by atoms with Gasteiger partial charge >= 0.3 is 5.97 Å². The van der Waals surface area contributed by atoms with Crippen LogP contribution in [0.4, 0.5) is 0 Å². The average Bonchev–Trinajstić information content (AvgIpc) is 2.85. The number of rotatable bonds is 8. The molecule has 2 atom stereocenters. The second kappa shape index (κ2) is 9.12. The minimum Gasteiger partial charge on any atom is -0.308 e. The zero-order chi connectivity index (χ0) is 23.6. The van der Waals surface area contributed by atoms with Gasteiger partial charge in [-0.3, -0.25) is 15.3 Å². The van der Waals surface area contributed by atoms with Crippen LogP contribution in [0.5, 0.6) is 0 Å². The number of benzene rings is 3. The van der Waals surface area contributed by atoms with Gasteiger partial charge in [0.1, 0.15) is 0 Å². The van der Waals surface area contributed by atoms with Crippen molar-refractivity contribution in [3.63, 3.8) is 0 Å². The van der Waals surface area contributed by atoms with Crippen molar-refractivity contribution in [2.75, 3.05) is 0 Å². The summed E-state index contributed by atoms with van der Waals surface area (Å²) < 4.78 is 5.95. The summed E-state index contributed by atoms with van der Waals surface area (Å²) in [5.41, 5.74) is 2.51. The van der Waals surface area contributed by atoms with Crippen molar-refractivity contribution in [1.82, 2.24) is 25.8 Å². The van der Waals surface area contributed by atoms with Gasteiger partial charge in [-0.2, -0.15) is 10.3 Å². The van der Waals surface area contributed by atoms with Crippen molar-refractivity contribution in [1.29, 1.82) is 0 Å². The van der Waals surface area contributed by atoms with Crippen molar-refractivity contribution >= 4 is 5.96 Å². The zero-order valence-electron chi connectivity index (χ0n) is 18.3. The Bertz CT molecular complexity index is 1130. The standard InChI is InChI=1S/C24H26N6O4/c31-28(16-19-10-4-1-5-11-19)22-25-23(29(32)17-20-12-6-2-7-13-20)27-24(26-22,34-23)30(33)18-21-14-8-3-9-15-21/h1-15,27,31-33H,16-18H2,(H,25,26). The monoisotopic (exact) mass is 462 g/mol. The molecule has 3 aliphatic heterocycles. The summed E-state index contributed by atoms with van der Waals surface area (Å²) in [6, 6.07) is 28.0. The third kappa shape index (κ3) is 4.39. The van der Waals surface area contributed by atoms with E-state index in [0.717, 1.165) is 31.9 Å². The fourth-order valence-corrected chi connectivity index (χ4v) is 3.90. The molecule has 0 aliphatic carbocycles. The molecule has 5 N–H and O–H groups in total. The van der Waals surface area contributed by atoms with Gasteiger partial charge < -0.3 is 10.4 Å². The molecule has 2 bridgehead atoms. The van der Waals surface area contributed by atoms with Crippen LogP contribution in [0.2, 0.25) is 0 Å². The van der Waals surface area contributed by atoms with Crippen LogP contribution in [-0.4, -0.2) is 48.7 Å². The quantitative estimate of drug-likeness (QED) is 0.322. The van der Waals surface area contributed by atoms with Crippen molar-refractivity contribution in [3.8, 4) is 0 Å². The normalized spacial score (nSPS) is 23.3. The average molecular weight is 463 g/mol. The van der Waals surface area contributed by atoms with Crippen LogP contribution in [0.3, 0.4) is 0 Å². The molecule has 10 heteroatoms. The van der Waals surface area contributed by atoms with Crippen molar-refractivity contribution < 1.29 is 20.4 Å². The third-order valence-corrected chi connectivity index (χ3v) is 5.64. The fraction of sp³-hybridized carbons (Fsp3) is 0.208. The van der Waals surface area contributed by atoms with E-state index in [-0.39, 0.29) is 25.6 Å². The van der Waals surface area contributed by atoms with Crippen molar-refractivity contribution in [2.45, 2.75) is 31.6 Å². The van der Waals surface area contributed by atoms with Gasteiger partial charge in [-0.15, -0.1) is 10.1 Å². The van der Waals surface area contributed by atoms with E-state index in [0.29, 0.717) is 0 Å². The second-order valence-corrected chi connectivity index (χ2v) is 8.17. The largest absolute Gasteiger partial charge is 0.314 e. The Morgan fingerprint density at radius 1 is 0.676 bits per heavy atom. The number of nitrogens with zero attached hydrogens (tertiary/aromatic N) is 4. The number of fused-ring (bicyclic) bond motifs is 1. The Morgan fingerprint density at radius 2 is 1.12 bits per heavy atom. The van der Waals surface area contributed by atoms with E-state index in [1.165, 1.54) is 0 Å². The molecule has 3 aliphatic rings. The maximum Gasteiger partial charge on any atom is 0.314 e. The van der Waals surface area contributed by atoms with E-state index in [9.17, 15) is 15.6 Å². The van der Waals surface area contributed by atoms with Gasteiger partial charge in [-0.05, 0) is 16.7 Å². The van der Waals surface area contributed by atoms with E-state index in [2.05, 4.69) is 15.6 Å². The Hall–Kier alpha value is -3.35. The molecule has 176 valence electrons. The molecule has 3 aromatic carbocycles. The number of guanidine groups is 1. The lowest BCUT2D eigenvalue weighted by Gasteiger charge is -2.61. The minimum absolute atomic E-state index is 0.0214. The first-order valence-electron chi connectivity index (χ1n) is 10.9. The molecule has 34 heavy (non-hydrogen) atoms. The van der Waals surface area contributed by atoms with Gasteiger partial charge in [0.2, 0.25) is 5.96 Å². The van der Waals surface area contributed by atoms with E-state index < -0.39 is 11.9 Å². The van der Waals surface area contributed by atoms with E-state index in [1.54, 1.807) is 0 Å². The Balaban J connectivity index is 1.40. The first-order chi connectivity index (χ1) is 16.5. The lowest BCUT2D eigenvalue weighted by molar-refractivity contribution is -0.500. The number of hydrogen-bond acceptors (Lipinski definition) is 10. The maximum absolute atomic E-state index is 10.9. The molecule has 1 fully saturated rings. The van der Waals surface area contributed by atoms with Crippen LogP contribution in [-0.2, 0) is 24.4 Å². The summed E-state index contributed by atoms with van der Waals surface area (Å²) in [6.45, 7) is 0.334. The van der Waals surface area contributed by atoms with Gasteiger partial charge in [-0.1, -0.05) is 91.0 Å². The molecule has 0 aromatic heterocycles. The number of ether oxygens (including phenoxy) is 1. The predicted molar refractivity (Wildman–Crippen MR) is 122 cm³/mol. The highest BCUT2D eigenvalue weighted by Gasteiger charge is 2.67. The van der Waals surface area contributed by atoms with Crippen LogP contribution in [0, 0.1) is 0 Å². The van der Waals surface area contributed by atoms with Crippen LogP contribution in [0.25, 0.3) is 0 Å². The molecule has 0 saturated carbocycles. The third-order valence-electron chi connectivity index (χ3n) is 5.64. The number of aliphatic imine (C=N–C) groups is 1. The molecule has 0 radical (unpaired) electrons. The van der Waals surface area contributed by atoms with Crippen LogP contribution in [0.1, 0.15) is 16.7 Å². The molecule has 3 heterocycles. The Kier molecular flexibility index (Phi) is 6.02. The molecular weight excluding hydrogens is 436 g/mol. The van der Waals surface area contributed by atoms with E-state index >= 15 is 0 Å². The lowest BCUT2D eigenvalue weighted by Crippen LogP contribution is -2.92. The molecule has 2 unspecified atom stereocenters. The fourth-order valence-electron chi connectivity index (χ4n) is 3.90. The second-order valence-electron chi connectivity index (χ2n) is 8.17. The molecule has 6 rings (SSSR count). The van der Waals surface area contributed by atoms with Crippen molar-refractivity contribution in [3.05, 3.63) is 108 Å². The van der Waals surface area contributed by atoms with Gasteiger partial charge in [0.25, 0.3) is 5.97 Å². The van der Waals surface area contributed by atoms with Crippen LogP contribution in [0.15, 0.2) is 96.0 Å². The number of hydroxylamine groups is 6. The Labute approximate surface area is 196 Å². The predicted octanol–water partition coefficient (Wildman–Crippen LogP) is 2.46. The number of nitrogens with one attached hydrogen (secondary N) is 2. The molecule has 10 nitrogen and oxygen atoms in total. The van der Waals surface area contributed by atoms with Crippen LogP contribution < -0.4 is 10.6 Å². The summed E-state index contributed by atoms with van der Waals surface area (Å²) in [7, 11) is 0. The molecule has 0 amide bonds. The van der Waals surface area contributed by atoms with Gasteiger partial charge in [0, 0.05) is 0 Å². The van der Waals surface area contributed by atoms with Crippen LogP contribution >= 0.6 is 0 Å². The van der Waals surface area contributed by atoms with E-state index in [4.69, 9.17) is 4.74 Å². The zero-order valence-corrected chi connectivity index (χ0v) is 18.3. The highest BCUT2D eigenvalue weighted by atomic mass is 16.7. The summed E-state index contributed by atoms with van der Waals surface area (Å²) >= 11 is 0. The first kappa shape index (κ1) is 22.4. The highest BCUT2D eigenvalue weighted by Crippen LogP contribution is 2.38. The summed E-state index contributed by atoms with van der Waals surface area (Å²) in [5.74, 6) is -3.32. The Morgan fingerprint density at radius 3 is 1.62 bits per heavy atom. The lowest BCUT2D eigenvalue weighted by atomic mass is 10.2. The minimum atomic E-state index is -1.72. The molecule has 0 spiro atoms. The smallest absolute Gasteiger partial charge is 0.308 e. The number of hydrogen-bond donors (Lipinski definition) is 5. The molecule has 3 aromatic rings. The summed E-state index contributed by atoms with van der Waals surface area (Å²) in [5, 5.41) is 41.2. The molecule has 1 saturated heterocycles. The molecular formula is C24H26N6O4. The van der Waals surface area contributed by atoms with Crippen molar-refractivity contribution in [2.24, 2.45) is 4.99 Å². The SMILES string of the molecule is ON(Cc1ccccc1)C1=NC2(N(O)Cc3ccccc3)NC(N(O)Cc3ccccc3)(N1)O2.